The number of para-hydroxylation sites is 1. The zero-order chi connectivity index (χ0) is 14.5. The van der Waals surface area contributed by atoms with E-state index in [1.807, 2.05) is 25.1 Å². The number of carbonyl (C=O) groups excluding carboxylic acids is 1. The fraction of sp³-hybridized carbons (Fsp3) is 0.562. The molecule has 0 saturated carbocycles. The normalized spacial score (nSPS) is 17.9. The minimum absolute atomic E-state index is 0.125. The summed E-state index contributed by atoms with van der Waals surface area (Å²) in [6, 6.07) is 8.03. The van der Waals surface area contributed by atoms with E-state index in [0.717, 1.165) is 37.2 Å². The van der Waals surface area contributed by atoms with Gasteiger partial charge < -0.3 is 15.3 Å². The molecule has 1 aliphatic heterocycles. The zero-order valence-corrected chi connectivity index (χ0v) is 12.3. The third kappa shape index (κ3) is 3.12. The molecular formula is C16H24N2O2. The lowest BCUT2D eigenvalue weighted by atomic mass is 9.94. The molecule has 0 unspecified atom stereocenters. The van der Waals surface area contributed by atoms with Crippen LogP contribution in [0.5, 0.6) is 0 Å². The second-order valence-corrected chi connectivity index (χ2v) is 5.36. The highest BCUT2D eigenvalue weighted by molar-refractivity contribution is 5.78. The first kappa shape index (κ1) is 14.9. The molecule has 1 amide bonds. The molecule has 0 spiro atoms. The predicted molar refractivity (Wildman–Crippen MR) is 80.7 cm³/mol. The molecule has 20 heavy (non-hydrogen) atoms. The molecule has 110 valence electrons. The fourth-order valence-electron chi connectivity index (χ4n) is 2.86. The number of anilines is 1. The van der Waals surface area contributed by atoms with Gasteiger partial charge >= 0.3 is 0 Å². The van der Waals surface area contributed by atoms with Gasteiger partial charge in [0.05, 0.1) is 6.10 Å². The number of benzene rings is 1. The molecule has 1 fully saturated rings. The molecule has 1 heterocycles. The quantitative estimate of drug-likeness (QED) is 0.885. The Labute approximate surface area is 120 Å². The van der Waals surface area contributed by atoms with E-state index in [1.165, 1.54) is 0 Å². The second kappa shape index (κ2) is 6.75. The van der Waals surface area contributed by atoms with Crippen molar-refractivity contribution in [2.75, 3.05) is 25.0 Å². The van der Waals surface area contributed by atoms with E-state index < -0.39 is 6.10 Å². The smallest absolute Gasteiger partial charge is 0.222 e. The summed E-state index contributed by atoms with van der Waals surface area (Å²) in [6.45, 7) is 3.72. The summed E-state index contributed by atoms with van der Waals surface area (Å²) >= 11 is 0. The van der Waals surface area contributed by atoms with Crippen LogP contribution in [-0.4, -0.2) is 31.2 Å². The number of aliphatic hydroxyl groups excluding tert-OH is 1. The first-order valence-corrected chi connectivity index (χ1v) is 7.40. The number of aliphatic hydroxyl groups is 1. The summed E-state index contributed by atoms with van der Waals surface area (Å²) < 4.78 is 0. The summed E-state index contributed by atoms with van der Waals surface area (Å²) in [7, 11) is 1.70. The van der Waals surface area contributed by atoms with E-state index in [4.69, 9.17) is 0 Å². The van der Waals surface area contributed by atoms with E-state index in [0.29, 0.717) is 6.42 Å². The van der Waals surface area contributed by atoms with E-state index in [9.17, 15) is 9.90 Å². The monoisotopic (exact) mass is 276 g/mol. The van der Waals surface area contributed by atoms with Crippen LogP contribution in [0.2, 0.25) is 0 Å². The van der Waals surface area contributed by atoms with Crippen molar-refractivity contribution in [2.24, 2.45) is 5.92 Å². The van der Waals surface area contributed by atoms with Crippen LogP contribution in [0.25, 0.3) is 0 Å². The first-order valence-electron chi connectivity index (χ1n) is 7.40. The van der Waals surface area contributed by atoms with Crippen LogP contribution in [0.3, 0.4) is 0 Å². The molecule has 4 nitrogen and oxygen atoms in total. The molecule has 1 aromatic carbocycles. The lowest BCUT2D eigenvalue weighted by Crippen LogP contribution is -2.40. The first-order chi connectivity index (χ1) is 9.67. The number of piperidine rings is 1. The van der Waals surface area contributed by atoms with Crippen molar-refractivity contribution in [1.29, 1.82) is 0 Å². The highest BCUT2D eigenvalue weighted by Gasteiger charge is 2.25. The van der Waals surface area contributed by atoms with Crippen molar-refractivity contribution in [1.82, 2.24) is 5.32 Å². The van der Waals surface area contributed by atoms with Crippen LogP contribution in [-0.2, 0) is 4.79 Å². The highest BCUT2D eigenvalue weighted by atomic mass is 16.3. The number of hydrogen-bond donors (Lipinski definition) is 2. The van der Waals surface area contributed by atoms with Crippen LogP contribution in [0.15, 0.2) is 24.3 Å². The average molecular weight is 276 g/mol. The lowest BCUT2D eigenvalue weighted by Gasteiger charge is -2.34. The third-order valence-corrected chi connectivity index (χ3v) is 4.14. The van der Waals surface area contributed by atoms with Gasteiger partial charge in [-0.05, 0) is 25.3 Å². The van der Waals surface area contributed by atoms with E-state index in [1.54, 1.807) is 7.05 Å². The van der Waals surface area contributed by atoms with Crippen molar-refractivity contribution < 1.29 is 9.90 Å². The number of amides is 1. The maximum atomic E-state index is 11.7. The van der Waals surface area contributed by atoms with E-state index >= 15 is 0 Å². The minimum atomic E-state index is -0.414. The number of nitrogens with zero attached hydrogens (tertiary/aromatic N) is 1. The highest BCUT2D eigenvalue weighted by Crippen LogP contribution is 2.31. The predicted octanol–water partition coefficient (Wildman–Crippen LogP) is 2.09. The van der Waals surface area contributed by atoms with Gasteiger partial charge in [-0.1, -0.05) is 25.1 Å². The molecule has 4 heteroatoms. The number of carbonyl (C=O) groups is 1. The van der Waals surface area contributed by atoms with Gasteiger partial charge in [0, 0.05) is 37.3 Å². The largest absolute Gasteiger partial charge is 0.388 e. The molecule has 1 saturated heterocycles. The van der Waals surface area contributed by atoms with Gasteiger partial charge in [-0.25, -0.2) is 0 Å². The van der Waals surface area contributed by atoms with Gasteiger partial charge in [-0.15, -0.1) is 0 Å². The average Bonchev–Trinajstić information content (AvgIpc) is 2.53. The Hall–Kier alpha value is -1.55. The van der Waals surface area contributed by atoms with Crippen LogP contribution >= 0.6 is 0 Å². The minimum Gasteiger partial charge on any atom is -0.388 e. The Bertz CT molecular complexity index is 454. The molecule has 0 radical (unpaired) electrons. The van der Waals surface area contributed by atoms with Gasteiger partial charge in [-0.2, -0.15) is 0 Å². The molecule has 1 aliphatic rings. The van der Waals surface area contributed by atoms with Gasteiger partial charge in [0.15, 0.2) is 0 Å². The van der Waals surface area contributed by atoms with Crippen molar-refractivity contribution in [3.8, 4) is 0 Å². The number of rotatable bonds is 4. The maximum Gasteiger partial charge on any atom is 0.222 e. The van der Waals surface area contributed by atoms with Crippen molar-refractivity contribution in [3.05, 3.63) is 29.8 Å². The molecular weight excluding hydrogens is 252 g/mol. The number of nitrogens with one attached hydrogen (secondary N) is 1. The summed E-state index contributed by atoms with van der Waals surface area (Å²) in [5, 5.41) is 12.9. The van der Waals surface area contributed by atoms with Crippen LogP contribution in [0.1, 0.15) is 37.9 Å². The Morgan fingerprint density at radius 2 is 2.05 bits per heavy atom. The molecule has 1 atom stereocenters. The van der Waals surface area contributed by atoms with Crippen LogP contribution in [0, 0.1) is 5.92 Å². The van der Waals surface area contributed by atoms with E-state index in [2.05, 4.69) is 16.3 Å². The summed E-state index contributed by atoms with van der Waals surface area (Å²) in [5.41, 5.74) is 2.10. The Balaban J connectivity index is 2.09. The zero-order valence-electron chi connectivity index (χ0n) is 12.3. The molecule has 2 rings (SSSR count). The molecule has 0 bridgehead atoms. The third-order valence-electron chi connectivity index (χ3n) is 4.14. The van der Waals surface area contributed by atoms with Gasteiger partial charge in [0.2, 0.25) is 5.91 Å². The second-order valence-electron chi connectivity index (χ2n) is 5.36. The van der Waals surface area contributed by atoms with Crippen molar-refractivity contribution >= 4 is 11.6 Å². The molecule has 0 aliphatic carbocycles. The Kier molecular flexibility index (Phi) is 5.01. The summed E-state index contributed by atoms with van der Waals surface area (Å²) in [6.07, 6.45) is 2.04. The van der Waals surface area contributed by atoms with E-state index in [-0.39, 0.29) is 11.8 Å². The molecule has 0 aromatic heterocycles. The Morgan fingerprint density at radius 1 is 1.40 bits per heavy atom. The fourth-order valence-corrected chi connectivity index (χ4v) is 2.86. The summed E-state index contributed by atoms with van der Waals surface area (Å²) in [4.78, 5) is 13.9. The topological polar surface area (TPSA) is 52.6 Å². The van der Waals surface area contributed by atoms with Gasteiger partial charge in [0.1, 0.15) is 0 Å². The SMILES string of the molecule is CC[C@H](O)c1ccccc1N1CCC(C(=O)NC)CC1. The lowest BCUT2D eigenvalue weighted by molar-refractivity contribution is -0.125. The van der Waals surface area contributed by atoms with Crippen molar-refractivity contribution in [2.45, 2.75) is 32.3 Å². The Morgan fingerprint density at radius 3 is 2.65 bits per heavy atom. The maximum absolute atomic E-state index is 11.7. The standard InChI is InChI=1S/C16H24N2O2/c1-3-15(19)13-6-4-5-7-14(13)18-10-8-12(9-11-18)16(20)17-2/h4-7,12,15,19H,3,8-11H2,1-2H3,(H,17,20)/t15-/m0/s1. The van der Waals surface area contributed by atoms with Gasteiger partial charge in [0.25, 0.3) is 0 Å². The van der Waals surface area contributed by atoms with Crippen molar-refractivity contribution in [3.63, 3.8) is 0 Å². The van der Waals surface area contributed by atoms with Gasteiger partial charge in [-0.3, -0.25) is 4.79 Å². The van der Waals surface area contributed by atoms with Crippen LogP contribution in [0.4, 0.5) is 5.69 Å². The summed E-state index contributed by atoms with van der Waals surface area (Å²) in [5.74, 6) is 0.269. The molecule has 1 aromatic rings. The molecule has 2 N–H and O–H groups in total. The van der Waals surface area contributed by atoms with Crippen LogP contribution < -0.4 is 10.2 Å². The number of hydrogen-bond acceptors (Lipinski definition) is 3.